The zero-order valence-electron chi connectivity index (χ0n) is 13.5. The largest absolute Gasteiger partial charge is 0.497 e. The highest BCUT2D eigenvalue weighted by Crippen LogP contribution is 2.13. The fourth-order valence-corrected chi connectivity index (χ4v) is 2.44. The van der Waals surface area contributed by atoms with Gasteiger partial charge in [-0.1, -0.05) is 42.5 Å². The number of hydrogen-bond donors (Lipinski definition) is 0. The van der Waals surface area contributed by atoms with Crippen molar-refractivity contribution in [3.05, 3.63) is 65.7 Å². The van der Waals surface area contributed by atoms with Gasteiger partial charge in [0, 0.05) is 24.8 Å². The van der Waals surface area contributed by atoms with Gasteiger partial charge < -0.3 is 4.74 Å². The third-order valence-electron chi connectivity index (χ3n) is 3.77. The van der Waals surface area contributed by atoms with Crippen LogP contribution in [-0.4, -0.2) is 18.7 Å². The van der Waals surface area contributed by atoms with E-state index in [4.69, 9.17) is 4.74 Å². The lowest BCUT2D eigenvalue weighted by atomic mass is 10.0. The molecule has 0 N–H and O–H groups in total. The van der Waals surface area contributed by atoms with Crippen molar-refractivity contribution in [3.63, 3.8) is 0 Å². The second-order valence-electron chi connectivity index (χ2n) is 5.56. The van der Waals surface area contributed by atoms with Gasteiger partial charge in [-0.05, 0) is 30.5 Å². The molecule has 120 valence electrons. The molecule has 2 rings (SSSR count). The first-order chi connectivity index (χ1) is 11.2. The van der Waals surface area contributed by atoms with Crippen molar-refractivity contribution in [1.82, 2.24) is 0 Å². The van der Waals surface area contributed by atoms with Gasteiger partial charge in [-0.15, -0.1) is 0 Å². The zero-order valence-corrected chi connectivity index (χ0v) is 13.5. The molecule has 0 bridgehead atoms. The Morgan fingerprint density at radius 2 is 1.52 bits per heavy atom. The van der Waals surface area contributed by atoms with Crippen LogP contribution in [0, 0.1) is 0 Å². The summed E-state index contributed by atoms with van der Waals surface area (Å²) < 4.78 is 5.10. The summed E-state index contributed by atoms with van der Waals surface area (Å²) in [6.45, 7) is 0. The van der Waals surface area contributed by atoms with Crippen LogP contribution >= 0.6 is 0 Å². The monoisotopic (exact) mass is 310 g/mol. The van der Waals surface area contributed by atoms with Crippen LogP contribution in [0.25, 0.3) is 0 Å². The van der Waals surface area contributed by atoms with Crippen molar-refractivity contribution < 1.29 is 14.3 Å². The number of benzene rings is 2. The molecule has 3 nitrogen and oxygen atoms in total. The first-order valence-corrected chi connectivity index (χ1v) is 7.92. The van der Waals surface area contributed by atoms with Crippen molar-refractivity contribution in [3.8, 4) is 5.75 Å². The van der Waals surface area contributed by atoms with E-state index in [1.807, 2.05) is 54.6 Å². The van der Waals surface area contributed by atoms with Crippen LogP contribution in [0.1, 0.15) is 41.6 Å². The summed E-state index contributed by atoms with van der Waals surface area (Å²) in [5.41, 5.74) is 1.74. The summed E-state index contributed by atoms with van der Waals surface area (Å²) >= 11 is 0. The van der Waals surface area contributed by atoms with Crippen molar-refractivity contribution >= 4 is 11.6 Å². The number of carbonyl (C=O) groups excluding carboxylic acids is 2. The zero-order chi connectivity index (χ0) is 16.5. The standard InChI is InChI=1S/C20H22O3/c1-23-19-13-11-16(12-14-19)15-18(21)9-5-6-10-20(22)17-7-3-2-4-8-17/h2-4,7-8,11-14H,5-6,9-10,15H2,1H3. The summed E-state index contributed by atoms with van der Waals surface area (Å²) in [5.74, 6) is 1.15. The number of ketones is 2. The quantitative estimate of drug-likeness (QED) is 0.513. The maximum absolute atomic E-state index is 12.0. The van der Waals surface area contributed by atoms with Crippen molar-refractivity contribution in [1.29, 1.82) is 0 Å². The summed E-state index contributed by atoms with van der Waals surface area (Å²) in [6, 6.07) is 16.8. The minimum Gasteiger partial charge on any atom is -0.497 e. The molecule has 0 fully saturated rings. The molecule has 0 aliphatic rings. The molecule has 2 aromatic carbocycles. The average molecular weight is 310 g/mol. The first-order valence-electron chi connectivity index (χ1n) is 7.92. The van der Waals surface area contributed by atoms with Gasteiger partial charge in [-0.2, -0.15) is 0 Å². The van der Waals surface area contributed by atoms with Crippen LogP contribution in [0.3, 0.4) is 0 Å². The third-order valence-corrected chi connectivity index (χ3v) is 3.77. The number of Topliss-reactive ketones (excluding diaryl/α,β-unsaturated/α-hetero) is 2. The topological polar surface area (TPSA) is 43.4 Å². The van der Waals surface area contributed by atoms with E-state index in [9.17, 15) is 9.59 Å². The Hall–Kier alpha value is -2.42. The van der Waals surface area contributed by atoms with Gasteiger partial charge in [-0.25, -0.2) is 0 Å². The van der Waals surface area contributed by atoms with E-state index >= 15 is 0 Å². The molecule has 23 heavy (non-hydrogen) atoms. The van der Waals surface area contributed by atoms with Crippen molar-refractivity contribution in [2.45, 2.75) is 32.1 Å². The molecule has 0 unspecified atom stereocenters. The van der Waals surface area contributed by atoms with Crippen LogP contribution in [0.4, 0.5) is 0 Å². The Bertz CT molecular complexity index is 630. The smallest absolute Gasteiger partial charge is 0.162 e. The molecular formula is C20H22O3. The second kappa shape index (κ2) is 8.89. The number of ether oxygens (including phenoxy) is 1. The minimum absolute atomic E-state index is 0.146. The van der Waals surface area contributed by atoms with Crippen LogP contribution < -0.4 is 4.74 Å². The first kappa shape index (κ1) is 16.9. The third kappa shape index (κ3) is 5.70. The Balaban J connectivity index is 1.67. The molecule has 0 heterocycles. The second-order valence-corrected chi connectivity index (χ2v) is 5.56. The Morgan fingerprint density at radius 1 is 0.870 bits per heavy atom. The van der Waals surface area contributed by atoms with E-state index < -0.39 is 0 Å². The van der Waals surface area contributed by atoms with E-state index in [0.717, 1.165) is 29.7 Å². The molecule has 0 radical (unpaired) electrons. The highest BCUT2D eigenvalue weighted by Gasteiger charge is 2.07. The van der Waals surface area contributed by atoms with E-state index in [2.05, 4.69) is 0 Å². The highest BCUT2D eigenvalue weighted by atomic mass is 16.5. The normalized spacial score (nSPS) is 10.3. The molecule has 0 saturated heterocycles. The van der Waals surface area contributed by atoms with Crippen LogP contribution in [0.5, 0.6) is 5.75 Å². The number of carbonyl (C=O) groups is 2. The fraction of sp³-hybridized carbons (Fsp3) is 0.300. The molecule has 0 aliphatic heterocycles. The lowest BCUT2D eigenvalue weighted by molar-refractivity contribution is -0.118. The summed E-state index contributed by atoms with van der Waals surface area (Å²) in [7, 11) is 1.62. The molecule has 3 heteroatoms. The average Bonchev–Trinajstić information content (AvgIpc) is 2.60. The Labute approximate surface area is 137 Å². The van der Waals surface area contributed by atoms with Crippen LogP contribution in [0.2, 0.25) is 0 Å². The summed E-state index contributed by atoms with van der Waals surface area (Å²) in [6.07, 6.45) is 2.97. The molecule has 2 aromatic rings. The van der Waals surface area contributed by atoms with Gasteiger partial charge in [0.05, 0.1) is 7.11 Å². The molecule has 0 atom stereocenters. The molecular weight excluding hydrogens is 288 g/mol. The van der Waals surface area contributed by atoms with Gasteiger partial charge in [0.1, 0.15) is 11.5 Å². The molecule has 0 saturated carbocycles. The van der Waals surface area contributed by atoms with Gasteiger partial charge in [0.25, 0.3) is 0 Å². The molecule has 0 spiro atoms. The summed E-state index contributed by atoms with van der Waals surface area (Å²) in [4.78, 5) is 23.9. The Morgan fingerprint density at radius 3 is 2.17 bits per heavy atom. The van der Waals surface area contributed by atoms with E-state index in [1.54, 1.807) is 7.11 Å². The number of rotatable bonds is 9. The van der Waals surface area contributed by atoms with Crippen LogP contribution in [0.15, 0.2) is 54.6 Å². The van der Waals surface area contributed by atoms with E-state index in [1.165, 1.54) is 0 Å². The van der Waals surface area contributed by atoms with E-state index in [-0.39, 0.29) is 11.6 Å². The maximum atomic E-state index is 12.0. The molecule has 0 amide bonds. The number of hydrogen-bond acceptors (Lipinski definition) is 3. The molecule has 0 aliphatic carbocycles. The SMILES string of the molecule is COc1ccc(CC(=O)CCCCC(=O)c2ccccc2)cc1. The lowest BCUT2D eigenvalue weighted by Crippen LogP contribution is -2.04. The minimum atomic E-state index is 0.146. The predicted molar refractivity (Wildman–Crippen MR) is 90.9 cm³/mol. The van der Waals surface area contributed by atoms with Gasteiger partial charge in [-0.3, -0.25) is 9.59 Å². The predicted octanol–water partition coefficient (Wildman–Crippen LogP) is 4.25. The van der Waals surface area contributed by atoms with Gasteiger partial charge in [0.2, 0.25) is 0 Å². The summed E-state index contributed by atoms with van der Waals surface area (Å²) in [5, 5.41) is 0. The number of unbranched alkanes of at least 4 members (excludes halogenated alkanes) is 1. The Kier molecular flexibility index (Phi) is 6.55. The van der Waals surface area contributed by atoms with Crippen LogP contribution in [-0.2, 0) is 11.2 Å². The van der Waals surface area contributed by atoms with Gasteiger partial charge in [0.15, 0.2) is 5.78 Å². The number of methoxy groups -OCH3 is 1. The fourth-order valence-electron chi connectivity index (χ4n) is 2.44. The van der Waals surface area contributed by atoms with Gasteiger partial charge >= 0.3 is 0 Å². The molecule has 0 aromatic heterocycles. The van der Waals surface area contributed by atoms with Crippen molar-refractivity contribution in [2.24, 2.45) is 0 Å². The van der Waals surface area contributed by atoms with E-state index in [0.29, 0.717) is 19.3 Å². The maximum Gasteiger partial charge on any atom is 0.162 e. The van der Waals surface area contributed by atoms with Crippen molar-refractivity contribution in [2.75, 3.05) is 7.11 Å². The lowest BCUT2D eigenvalue weighted by Gasteiger charge is -2.04. The highest BCUT2D eigenvalue weighted by molar-refractivity contribution is 5.95.